The Morgan fingerprint density at radius 1 is 1.25 bits per heavy atom. The normalized spacial score (nSPS) is 11.9. The predicted octanol–water partition coefficient (Wildman–Crippen LogP) is 3.87. The van der Waals surface area contributed by atoms with E-state index in [1.807, 2.05) is 6.92 Å². The van der Waals surface area contributed by atoms with Crippen molar-refractivity contribution in [3.63, 3.8) is 0 Å². The summed E-state index contributed by atoms with van der Waals surface area (Å²) in [4.78, 5) is 16.9. The number of hydrogen-bond donors (Lipinski definition) is 0. The number of fused-ring (bicyclic) bond motifs is 1. The number of benzene rings is 1. The molecular weight excluding hydrogens is 391 g/mol. The minimum atomic E-state index is -4.76. The molecule has 0 atom stereocenters. The third-order valence-electron chi connectivity index (χ3n) is 3.42. The van der Waals surface area contributed by atoms with E-state index in [0.717, 1.165) is 12.1 Å². The van der Waals surface area contributed by atoms with E-state index in [2.05, 4.69) is 25.7 Å². The fourth-order valence-electron chi connectivity index (χ4n) is 2.37. The van der Waals surface area contributed by atoms with Gasteiger partial charge in [0.05, 0.1) is 10.8 Å². The van der Waals surface area contributed by atoms with Crippen LogP contribution in [0, 0.1) is 0 Å². The molecule has 126 valence electrons. The van der Waals surface area contributed by atoms with Crippen molar-refractivity contribution in [1.29, 1.82) is 0 Å². The van der Waals surface area contributed by atoms with Gasteiger partial charge in [-0.2, -0.15) is 0 Å². The summed E-state index contributed by atoms with van der Waals surface area (Å²) in [6.07, 6.45) is -1.65. The van der Waals surface area contributed by atoms with Gasteiger partial charge in [-0.1, -0.05) is 0 Å². The number of alkyl halides is 3. The zero-order valence-corrected chi connectivity index (χ0v) is 13.9. The first-order chi connectivity index (χ1) is 11.3. The van der Waals surface area contributed by atoms with Crippen LogP contribution in [0.25, 0.3) is 16.7 Å². The summed E-state index contributed by atoms with van der Waals surface area (Å²) in [5.41, 5.74) is 1.07. The first kappa shape index (κ1) is 16.6. The molecule has 0 saturated heterocycles. The molecule has 9 heteroatoms. The standard InChI is InChI=1S/C15H11BrF3N3O2/c1-2-21-8-20-12-11(16)7-22(14(23)13(12)21)9-3-5-10(6-4-9)24-15(17,18)19/h3-8H,2H2,1H3. The molecule has 0 spiro atoms. The Morgan fingerprint density at radius 2 is 1.92 bits per heavy atom. The van der Waals surface area contributed by atoms with Crippen LogP contribution < -0.4 is 10.3 Å². The van der Waals surface area contributed by atoms with Crippen molar-refractivity contribution in [3.8, 4) is 11.4 Å². The summed E-state index contributed by atoms with van der Waals surface area (Å²) in [5, 5.41) is 0. The van der Waals surface area contributed by atoms with Crippen molar-refractivity contribution in [2.45, 2.75) is 19.8 Å². The van der Waals surface area contributed by atoms with Crippen LogP contribution in [0.5, 0.6) is 5.75 Å². The van der Waals surface area contributed by atoms with E-state index in [-0.39, 0.29) is 11.3 Å². The average Bonchev–Trinajstić information content (AvgIpc) is 2.95. The predicted molar refractivity (Wildman–Crippen MR) is 85.4 cm³/mol. The Bertz CT molecular complexity index is 945. The van der Waals surface area contributed by atoms with Crippen LogP contribution in [0.1, 0.15) is 6.92 Å². The topological polar surface area (TPSA) is 49.0 Å². The third-order valence-corrected chi connectivity index (χ3v) is 4.00. The number of aromatic nitrogens is 3. The van der Waals surface area contributed by atoms with Crippen LogP contribution in [0.2, 0.25) is 0 Å². The molecule has 3 aromatic rings. The summed E-state index contributed by atoms with van der Waals surface area (Å²) >= 11 is 3.37. The largest absolute Gasteiger partial charge is 0.573 e. The van der Waals surface area contributed by atoms with E-state index in [0.29, 0.717) is 27.7 Å². The molecule has 0 aliphatic heterocycles. The second-order valence-corrected chi connectivity index (χ2v) is 5.78. The number of aryl methyl sites for hydroxylation is 1. The number of nitrogens with zero attached hydrogens (tertiary/aromatic N) is 3. The minimum absolute atomic E-state index is 0.308. The van der Waals surface area contributed by atoms with E-state index < -0.39 is 6.36 Å². The Kier molecular flexibility index (Phi) is 4.12. The Labute approximate surface area is 142 Å². The van der Waals surface area contributed by atoms with E-state index in [9.17, 15) is 18.0 Å². The van der Waals surface area contributed by atoms with Gasteiger partial charge < -0.3 is 9.30 Å². The second-order valence-electron chi connectivity index (χ2n) is 4.92. The Balaban J connectivity index is 2.09. The SMILES string of the molecule is CCn1cnc2c(Br)cn(-c3ccc(OC(F)(F)F)cc3)c(=O)c21. The van der Waals surface area contributed by atoms with Crippen molar-refractivity contribution in [2.24, 2.45) is 0 Å². The van der Waals surface area contributed by atoms with Crippen molar-refractivity contribution in [2.75, 3.05) is 0 Å². The molecule has 1 aromatic carbocycles. The number of imidazole rings is 1. The third kappa shape index (κ3) is 3.03. The van der Waals surface area contributed by atoms with E-state index in [1.165, 1.54) is 22.9 Å². The van der Waals surface area contributed by atoms with Crippen LogP contribution in [-0.2, 0) is 6.54 Å². The van der Waals surface area contributed by atoms with Crippen molar-refractivity contribution >= 4 is 27.0 Å². The van der Waals surface area contributed by atoms with Gasteiger partial charge in [0.15, 0.2) is 0 Å². The summed E-state index contributed by atoms with van der Waals surface area (Å²) < 4.78 is 44.1. The maximum Gasteiger partial charge on any atom is 0.573 e. The maximum absolute atomic E-state index is 12.7. The fourth-order valence-corrected chi connectivity index (χ4v) is 2.86. The molecule has 5 nitrogen and oxygen atoms in total. The zero-order valence-electron chi connectivity index (χ0n) is 12.3. The lowest BCUT2D eigenvalue weighted by Gasteiger charge is -2.11. The van der Waals surface area contributed by atoms with E-state index in [4.69, 9.17) is 0 Å². The summed E-state index contributed by atoms with van der Waals surface area (Å²) in [6.45, 7) is 2.45. The van der Waals surface area contributed by atoms with Crippen molar-refractivity contribution in [3.05, 3.63) is 51.6 Å². The van der Waals surface area contributed by atoms with Gasteiger partial charge in [-0.3, -0.25) is 9.36 Å². The van der Waals surface area contributed by atoms with Gasteiger partial charge >= 0.3 is 6.36 Å². The Morgan fingerprint density at radius 3 is 2.50 bits per heavy atom. The molecule has 2 heterocycles. The first-order valence-corrected chi connectivity index (χ1v) is 7.71. The molecule has 0 bridgehead atoms. The lowest BCUT2D eigenvalue weighted by Crippen LogP contribution is -2.20. The maximum atomic E-state index is 12.7. The summed E-state index contributed by atoms with van der Waals surface area (Å²) in [7, 11) is 0. The second kappa shape index (κ2) is 5.97. The van der Waals surface area contributed by atoms with Gasteiger partial charge in [-0.05, 0) is 47.1 Å². The van der Waals surface area contributed by atoms with Crippen LogP contribution in [0.4, 0.5) is 13.2 Å². The lowest BCUT2D eigenvalue weighted by molar-refractivity contribution is -0.274. The number of rotatable bonds is 3. The van der Waals surface area contributed by atoms with Gasteiger partial charge in [0.1, 0.15) is 16.8 Å². The number of pyridine rings is 1. The molecule has 2 aromatic heterocycles. The van der Waals surface area contributed by atoms with Gasteiger partial charge in [0, 0.05) is 18.4 Å². The number of hydrogen-bond acceptors (Lipinski definition) is 3. The molecule has 0 unspecified atom stereocenters. The Hall–Kier alpha value is -2.29. The molecule has 0 amide bonds. The van der Waals surface area contributed by atoms with E-state index >= 15 is 0 Å². The van der Waals surface area contributed by atoms with Gasteiger partial charge in [0.25, 0.3) is 5.56 Å². The number of ether oxygens (including phenoxy) is 1. The smallest absolute Gasteiger partial charge is 0.406 e. The zero-order chi connectivity index (χ0) is 17.5. The highest BCUT2D eigenvalue weighted by molar-refractivity contribution is 9.10. The van der Waals surface area contributed by atoms with Gasteiger partial charge in [0.2, 0.25) is 0 Å². The van der Waals surface area contributed by atoms with Gasteiger partial charge in [-0.15, -0.1) is 13.2 Å². The molecule has 0 fully saturated rings. The van der Waals surface area contributed by atoms with Crippen molar-refractivity contribution in [1.82, 2.24) is 14.1 Å². The van der Waals surface area contributed by atoms with Gasteiger partial charge in [-0.25, -0.2) is 4.98 Å². The molecule has 0 saturated carbocycles. The highest BCUT2D eigenvalue weighted by Crippen LogP contribution is 2.25. The summed E-state index contributed by atoms with van der Waals surface area (Å²) in [5.74, 6) is -0.349. The molecule has 0 aliphatic carbocycles. The monoisotopic (exact) mass is 401 g/mol. The highest BCUT2D eigenvalue weighted by Gasteiger charge is 2.31. The van der Waals surface area contributed by atoms with Crippen LogP contribution >= 0.6 is 15.9 Å². The lowest BCUT2D eigenvalue weighted by atomic mass is 10.3. The van der Waals surface area contributed by atoms with Crippen LogP contribution in [-0.4, -0.2) is 20.5 Å². The molecule has 24 heavy (non-hydrogen) atoms. The molecule has 0 N–H and O–H groups in total. The van der Waals surface area contributed by atoms with Crippen molar-refractivity contribution < 1.29 is 17.9 Å². The van der Waals surface area contributed by atoms with Crippen LogP contribution in [0.3, 0.4) is 0 Å². The van der Waals surface area contributed by atoms with E-state index in [1.54, 1.807) is 10.9 Å². The summed E-state index contributed by atoms with van der Waals surface area (Å²) in [6, 6.07) is 5.08. The highest BCUT2D eigenvalue weighted by atomic mass is 79.9. The molecule has 0 radical (unpaired) electrons. The quantitative estimate of drug-likeness (QED) is 0.669. The average molecular weight is 402 g/mol. The minimum Gasteiger partial charge on any atom is -0.406 e. The molecular formula is C15H11BrF3N3O2. The molecule has 0 aliphatic rings. The fraction of sp³-hybridized carbons (Fsp3) is 0.200. The first-order valence-electron chi connectivity index (χ1n) is 6.92. The molecule has 3 rings (SSSR count). The van der Waals surface area contributed by atoms with Crippen LogP contribution in [0.15, 0.2) is 46.1 Å². The number of halogens is 4.